The molecule has 0 bridgehead atoms. The summed E-state index contributed by atoms with van der Waals surface area (Å²) in [6.07, 6.45) is 5.43. The fourth-order valence-corrected chi connectivity index (χ4v) is 2.48. The van der Waals surface area contributed by atoms with Crippen LogP contribution in [0, 0.1) is 0 Å². The first-order chi connectivity index (χ1) is 8.79. The number of hydrogen-bond donors (Lipinski definition) is 1. The molecule has 1 N–H and O–H groups in total. The average molecular weight is 245 g/mol. The molecule has 1 saturated heterocycles. The largest absolute Gasteiger partial charge is 0.394 e. The summed E-state index contributed by atoms with van der Waals surface area (Å²) in [5.74, 6) is -0.0877. The van der Waals surface area contributed by atoms with Crippen LogP contribution < -0.4 is 0 Å². The van der Waals surface area contributed by atoms with Crippen LogP contribution in [0.2, 0.25) is 0 Å². The Morgan fingerprint density at radius 3 is 3.17 bits per heavy atom. The Kier molecular flexibility index (Phi) is 2.76. The minimum absolute atomic E-state index is 0.0269. The van der Waals surface area contributed by atoms with Crippen molar-refractivity contribution >= 4 is 11.6 Å². The number of carbonyl (C=O) groups is 1. The van der Waals surface area contributed by atoms with Crippen molar-refractivity contribution < 1.29 is 9.90 Å². The van der Waals surface area contributed by atoms with Crippen LogP contribution in [0.3, 0.4) is 0 Å². The van der Waals surface area contributed by atoms with E-state index in [1.165, 1.54) is 0 Å². The highest BCUT2D eigenvalue weighted by Crippen LogP contribution is 2.19. The first-order valence-corrected chi connectivity index (χ1v) is 6.15. The number of amides is 1. The number of carbonyl (C=O) groups excluding carboxylic acids is 1. The number of nitrogens with zero attached hydrogens (tertiary/aromatic N) is 3. The zero-order valence-electron chi connectivity index (χ0n) is 9.99. The van der Waals surface area contributed by atoms with Gasteiger partial charge in [-0.05, 0) is 25.0 Å². The van der Waals surface area contributed by atoms with E-state index in [0.29, 0.717) is 12.2 Å². The number of likely N-dealkylation sites (tertiary alicyclic amines) is 1. The van der Waals surface area contributed by atoms with E-state index in [1.54, 1.807) is 11.1 Å². The van der Waals surface area contributed by atoms with Gasteiger partial charge in [0.25, 0.3) is 5.91 Å². The molecular formula is C13H15N3O2. The van der Waals surface area contributed by atoms with Gasteiger partial charge < -0.3 is 14.4 Å². The molecule has 2 aromatic rings. The molecule has 1 atom stereocenters. The van der Waals surface area contributed by atoms with Gasteiger partial charge in [-0.1, -0.05) is 6.07 Å². The van der Waals surface area contributed by atoms with Crippen molar-refractivity contribution in [1.82, 2.24) is 14.3 Å². The van der Waals surface area contributed by atoms with Gasteiger partial charge in [-0.2, -0.15) is 0 Å². The normalized spacial score (nSPS) is 19.6. The van der Waals surface area contributed by atoms with Crippen molar-refractivity contribution in [2.45, 2.75) is 18.9 Å². The number of fused-ring (bicyclic) bond motifs is 1. The van der Waals surface area contributed by atoms with E-state index in [2.05, 4.69) is 4.98 Å². The topological polar surface area (TPSA) is 57.8 Å². The fraction of sp³-hybridized carbons (Fsp3) is 0.385. The zero-order valence-corrected chi connectivity index (χ0v) is 9.99. The van der Waals surface area contributed by atoms with Crippen molar-refractivity contribution in [2.75, 3.05) is 13.2 Å². The van der Waals surface area contributed by atoms with Gasteiger partial charge in [0, 0.05) is 18.9 Å². The molecule has 1 unspecified atom stereocenters. The van der Waals surface area contributed by atoms with Crippen molar-refractivity contribution in [3.8, 4) is 0 Å². The van der Waals surface area contributed by atoms with E-state index in [0.717, 1.165) is 18.5 Å². The maximum absolute atomic E-state index is 12.3. The van der Waals surface area contributed by atoms with Gasteiger partial charge in [0.2, 0.25) is 0 Å². The molecule has 0 aliphatic carbocycles. The quantitative estimate of drug-likeness (QED) is 0.856. The maximum atomic E-state index is 12.3. The van der Waals surface area contributed by atoms with E-state index >= 15 is 0 Å². The van der Waals surface area contributed by atoms with Gasteiger partial charge in [0.1, 0.15) is 11.3 Å². The summed E-state index contributed by atoms with van der Waals surface area (Å²) in [5, 5.41) is 9.25. The zero-order chi connectivity index (χ0) is 12.5. The summed E-state index contributed by atoms with van der Waals surface area (Å²) < 4.78 is 1.83. The Balaban J connectivity index is 1.91. The number of aliphatic hydroxyl groups excluding tert-OH is 1. The molecule has 1 amide bonds. The van der Waals surface area contributed by atoms with Crippen molar-refractivity contribution in [1.29, 1.82) is 0 Å². The predicted octanol–water partition coefficient (Wildman–Crippen LogP) is 0.931. The molecule has 0 aromatic carbocycles. The van der Waals surface area contributed by atoms with Crippen molar-refractivity contribution in [2.24, 2.45) is 0 Å². The summed E-state index contributed by atoms with van der Waals surface area (Å²) in [5.41, 5.74) is 1.21. The standard InChI is InChI=1S/C13H15N3O2/c17-9-10-4-3-7-16(10)13(18)11-8-15-6-2-1-5-12(15)14-11/h1-2,5-6,8,10,17H,3-4,7,9H2. The number of aliphatic hydroxyl groups is 1. The smallest absolute Gasteiger partial charge is 0.274 e. The second-order valence-electron chi connectivity index (χ2n) is 4.57. The van der Waals surface area contributed by atoms with Crippen LogP contribution in [0.4, 0.5) is 0 Å². The summed E-state index contributed by atoms with van der Waals surface area (Å²) in [6.45, 7) is 0.733. The molecule has 1 aliphatic heterocycles. The Morgan fingerprint density at radius 1 is 1.50 bits per heavy atom. The molecule has 5 nitrogen and oxygen atoms in total. The van der Waals surface area contributed by atoms with E-state index < -0.39 is 0 Å². The highest BCUT2D eigenvalue weighted by atomic mass is 16.3. The number of aromatic nitrogens is 2. The van der Waals surface area contributed by atoms with Crippen LogP contribution in [-0.2, 0) is 0 Å². The molecule has 2 aromatic heterocycles. The third-order valence-corrected chi connectivity index (χ3v) is 3.43. The molecule has 3 rings (SSSR count). The summed E-state index contributed by atoms with van der Waals surface area (Å²) in [6, 6.07) is 5.60. The molecule has 5 heteroatoms. The van der Waals surface area contributed by atoms with Gasteiger partial charge in [0.05, 0.1) is 12.6 Å². The Labute approximate surface area is 105 Å². The fourth-order valence-electron chi connectivity index (χ4n) is 2.48. The predicted molar refractivity (Wildman–Crippen MR) is 66.3 cm³/mol. The molecule has 3 heterocycles. The molecule has 0 radical (unpaired) electrons. The van der Waals surface area contributed by atoms with E-state index in [1.807, 2.05) is 28.8 Å². The van der Waals surface area contributed by atoms with Crippen LogP contribution in [0.5, 0.6) is 0 Å². The second-order valence-corrected chi connectivity index (χ2v) is 4.57. The van der Waals surface area contributed by atoms with Gasteiger partial charge >= 0.3 is 0 Å². The highest BCUT2D eigenvalue weighted by Gasteiger charge is 2.29. The first kappa shape index (κ1) is 11.2. The lowest BCUT2D eigenvalue weighted by Crippen LogP contribution is -2.37. The maximum Gasteiger partial charge on any atom is 0.274 e. The van der Waals surface area contributed by atoms with Crippen LogP contribution in [0.1, 0.15) is 23.3 Å². The Bertz CT molecular complexity index is 545. The SMILES string of the molecule is O=C(c1cn2ccccc2n1)N1CCCC1CO. The Hall–Kier alpha value is -1.88. The average Bonchev–Trinajstić information content (AvgIpc) is 3.03. The summed E-state index contributed by atoms with van der Waals surface area (Å²) >= 11 is 0. The molecule has 0 saturated carbocycles. The number of rotatable bonds is 2. The van der Waals surface area contributed by atoms with Gasteiger partial charge in [-0.25, -0.2) is 4.98 Å². The van der Waals surface area contributed by atoms with Gasteiger partial charge in [-0.15, -0.1) is 0 Å². The molecule has 18 heavy (non-hydrogen) atoms. The van der Waals surface area contributed by atoms with Gasteiger partial charge in [0.15, 0.2) is 0 Å². The third-order valence-electron chi connectivity index (χ3n) is 3.43. The third kappa shape index (κ3) is 1.76. The number of hydrogen-bond acceptors (Lipinski definition) is 3. The van der Waals surface area contributed by atoms with Crippen LogP contribution >= 0.6 is 0 Å². The summed E-state index contributed by atoms with van der Waals surface area (Å²) in [7, 11) is 0. The lowest BCUT2D eigenvalue weighted by atomic mass is 10.2. The summed E-state index contributed by atoms with van der Waals surface area (Å²) in [4.78, 5) is 18.4. The van der Waals surface area contributed by atoms with E-state index in [-0.39, 0.29) is 18.6 Å². The minimum atomic E-state index is -0.0877. The first-order valence-electron chi connectivity index (χ1n) is 6.15. The molecule has 1 fully saturated rings. The monoisotopic (exact) mass is 245 g/mol. The molecule has 0 spiro atoms. The lowest BCUT2D eigenvalue weighted by molar-refractivity contribution is 0.0672. The molecule has 94 valence electrons. The van der Waals surface area contributed by atoms with Crippen LogP contribution in [0.25, 0.3) is 5.65 Å². The number of imidazole rings is 1. The molecular weight excluding hydrogens is 230 g/mol. The highest BCUT2D eigenvalue weighted by molar-refractivity contribution is 5.93. The van der Waals surface area contributed by atoms with Crippen LogP contribution in [-0.4, -0.2) is 44.5 Å². The minimum Gasteiger partial charge on any atom is -0.394 e. The number of pyridine rings is 1. The van der Waals surface area contributed by atoms with E-state index in [9.17, 15) is 9.90 Å². The van der Waals surface area contributed by atoms with Crippen molar-refractivity contribution in [3.05, 3.63) is 36.3 Å². The van der Waals surface area contributed by atoms with E-state index in [4.69, 9.17) is 0 Å². The van der Waals surface area contributed by atoms with Crippen molar-refractivity contribution in [3.63, 3.8) is 0 Å². The van der Waals surface area contributed by atoms with Gasteiger partial charge in [-0.3, -0.25) is 4.79 Å². The Morgan fingerprint density at radius 2 is 2.39 bits per heavy atom. The van der Waals surface area contributed by atoms with Crippen LogP contribution in [0.15, 0.2) is 30.6 Å². The lowest BCUT2D eigenvalue weighted by Gasteiger charge is -2.21. The second kappa shape index (κ2) is 4.42. The molecule has 1 aliphatic rings.